The molecular weight excluding hydrogens is 398 g/mol. The predicted molar refractivity (Wildman–Crippen MR) is 119 cm³/mol. The topological polar surface area (TPSA) is 94.1 Å². The summed E-state index contributed by atoms with van der Waals surface area (Å²) >= 11 is 1.39. The maximum atomic E-state index is 12.9. The van der Waals surface area contributed by atoms with Crippen LogP contribution < -0.4 is 5.73 Å². The fraction of sp³-hybridized carbons (Fsp3) is 0.545. The zero-order valence-electron chi connectivity index (χ0n) is 18.4. The molecule has 2 atom stereocenters. The largest absolute Gasteiger partial charge is 0.369 e. The summed E-state index contributed by atoms with van der Waals surface area (Å²) in [6.07, 6.45) is 1.55. The molecule has 2 aromatic rings. The highest BCUT2D eigenvalue weighted by molar-refractivity contribution is 8.00. The minimum absolute atomic E-state index is 0.00466. The number of carbonyl (C=O) groups is 2. The van der Waals surface area contributed by atoms with E-state index in [1.165, 1.54) is 17.3 Å². The Balaban J connectivity index is 1.70. The Morgan fingerprint density at radius 3 is 2.47 bits per heavy atom. The van der Waals surface area contributed by atoms with Crippen LogP contribution in [0, 0.1) is 5.92 Å². The van der Waals surface area contributed by atoms with E-state index in [4.69, 9.17) is 5.73 Å². The zero-order chi connectivity index (χ0) is 22.1. The number of rotatable bonds is 5. The van der Waals surface area contributed by atoms with E-state index in [0.717, 1.165) is 24.2 Å². The van der Waals surface area contributed by atoms with E-state index in [2.05, 4.69) is 55.2 Å². The van der Waals surface area contributed by atoms with Crippen molar-refractivity contribution in [3.63, 3.8) is 0 Å². The lowest BCUT2D eigenvalue weighted by molar-refractivity contribution is -0.134. The minimum atomic E-state index is -0.330. The van der Waals surface area contributed by atoms with E-state index in [1.54, 1.807) is 4.90 Å². The molecule has 2 heterocycles. The van der Waals surface area contributed by atoms with Gasteiger partial charge in [-0.15, -0.1) is 10.2 Å². The number of nitrogens with zero attached hydrogens (tertiary/aromatic N) is 4. The first-order valence-electron chi connectivity index (χ1n) is 10.3. The lowest BCUT2D eigenvalue weighted by Gasteiger charge is -2.32. The van der Waals surface area contributed by atoms with Crippen molar-refractivity contribution in [2.45, 2.75) is 56.4 Å². The van der Waals surface area contributed by atoms with Crippen LogP contribution in [0.15, 0.2) is 29.4 Å². The maximum absolute atomic E-state index is 12.9. The number of thioether (sulfide) groups is 1. The summed E-state index contributed by atoms with van der Waals surface area (Å²) in [4.78, 5) is 26.1. The third-order valence-electron chi connectivity index (χ3n) is 5.61. The lowest BCUT2D eigenvalue weighted by Crippen LogP contribution is -2.46. The van der Waals surface area contributed by atoms with Crippen molar-refractivity contribution in [1.82, 2.24) is 19.7 Å². The van der Waals surface area contributed by atoms with Crippen LogP contribution in [0.2, 0.25) is 0 Å². The first kappa shape index (κ1) is 22.3. The standard InChI is InChI=1S/C22H31N5O2S/c1-14(20(29)27-12-6-7-16(13-27)18(23)28)30-21-25-24-19(26(21)5)15-8-10-17(11-9-15)22(2,3)4/h8-11,14,16H,6-7,12-13H2,1-5H3,(H2,23,28). The van der Waals surface area contributed by atoms with E-state index in [0.29, 0.717) is 18.2 Å². The summed E-state index contributed by atoms with van der Waals surface area (Å²) in [5.41, 5.74) is 7.78. The van der Waals surface area contributed by atoms with Crippen LogP contribution in [-0.4, -0.2) is 49.8 Å². The Labute approximate surface area is 182 Å². The van der Waals surface area contributed by atoms with Gasteiger partial charge in [-0.2, -0.15) is 0 Å². The molecule has 8 heteroatoms. The van der Waals surface area contributed by atoms with Crippen LogP contribution in [0.3, 0.4) is 0 Å². The van der Waals surface area contributed by atoms with Crippen molar-refractivity contribution in [3.05, 3.63) is 29.8 Å². The van der Waals surface area contributed by atoms with Crippen LogP contribution in [-0.2, 0) is 22.1 Å². The minimum Gasteiger partial charge on any atom is -0.369 e. The van der Waals surface area contributed by atoms with Gasteiger partial charge >= 0.3 is 0 Å². The molecule has 1 aromatic carbocycles. The fourth-order valence-electron chi connectivity index (χ4n) is 3.66. The zero-order valence-corrected chi connectivity index (χ0v) is 19.2. The molecule has 0 aliphatic carbocycles. The van der Waals surface area contributed by atoms with E-state index >= 15 is 0 Å². The van der Waals surface area contributed by atoms with Crippen molar-refractivity contribution in [1.29, 1.82) is 0 Å². The second kappa shape index (κ2) is 8.79. The van der Waals surface area contributed by atoms with Gasteiger partial charge in [-0.3, -0.25) is 9.59 Å². The van der Waals surface area contributed by atoms with Crippen LogP contribution in [0.25, 0.3) is 11.4 Å². The van der Waals surface area contributed by atoms with Crippen molar-refractivity contribution in [2.75, 3.05) is 13.1 Å². The quantitative estimate of drug-likeness (QED) is 0.738. The summed E-state index contributed by atoms with van der Waals surface area (Å²) in [5.74, 6) is 0.190. The molecule has 2 unspecified atom stereocenters. The Hall–Kier alpha value is -2.35. The van der Waals surface area contributed by atoms with E-state index in [-0.39, 0.29) is 28.4 Å². The number of carbonyl (C=O) groups excluding carboxylic acids is 2. The molecule has 0 saturated carbocycles. The third-order valence-corrected chi connectivity index (χ3v) is 6.73. The molecule has 1 aliphatic heterocycles. The van der Waals surface area contributed by atoms with Crippen LogP contribution in [0.4, 0.5) is 0 Å². The van der Waals surface area contributed by atoms with Gasteiger partial charge in [0.1, 0.15) is 0 Å². The van der Waals surface area contributed by atoms with Crippen molar-refractivity contribution in [3.8, 4) is 11.4 Å². The molecule has 0 radical (unpaired) electrons. The van der Waals surface area contributed by atoms with Gasteiger partial charge in [0.25, 0.3) is 0 Å². The van der Waals surface area contributed by atoms with E-state index < -0.39 is 0 Å². The first-order valence-corrected chi connectivity index (χ1v) is 11.2. The average molecular weight is 430 g/mol. The number of primary amides is 1. The summed E-state index contributed by atoms with van der Waals surface area (Å²) in [6.45, 7) is 9.50. The van der Waals surface area contributed by atoms with Crippen LogP contribution in [0.5, 0.6) is 0 Å². The molecule has 2 N–H and O–H groups in total. The molecule has 3 rings (SSSR count). The maximum Gasteiger partial charge on any atom is 0.235 e. The Morgan fingerprint density at radius 1 is 1.20 bits per heavy atom. The molecule has 1 aromatic heterocycles. The number of benzene rings is 1. The Bertz CT molecular complexity index is 917. The molecule has 1 aliphatic rings. The van der Waals surface area contributed by atoms with Gasteiger partial charge in [-0.25, -0.2) is 0 Å². The number of amides is 2. The van der Waals surface area contributed by atoms with E-state index in [1.807, 2.05) is 18.5 Å². The number of nitrogens with two attached hydrogens (primary N) is 1. The Morgan fingerprint density at radius 2 is 1.87 bits per heavy atom. The van der Waals surface area contributed by atoms with Gasteiger partial charge in [0.15, 0.2) is 11.0 Å². The smallest absolute Gasteiger partial charge is 0.235 e. The summed E-state index contributed by atoms with van der Waals surface area (Å²) in [6, 6.07) is 8.36. The normalized spacial score (nSPS) is 18.3. The monoisotopic (exact) mass is 429 g/mol. The molecule has 162 valence electrons. The van der Waals surface area contributed by atoms with E-state index in [9.17, 15) is 9.59 Å². The number of piperidine rings is 1. The Kier molecular flexibility index (Phi) is 6.55. The van der Waals surface area contributed by atoms with Crippen molar-refractivity contribution >= 4 is 23.6 Å². The first-order chi connectivity index (χ1) is 14.1. The summed E-state index contributed by atoms with van der Waals surface area (Å²) in [7, 11) is 1.91. The highest BCUT2D eigenvalue weighted by Crippen LogP contribution is 2.29. The van der Waals surface area contributed by atoms with Gasteiger partial charge < -0.3 is 15.2 Å². The van der Waals surface area contributed by atoms with Crippen molar-refractivity contribution in [2.24, 2.45) is 18.7 Å². The molecular formula is C22H31N5O2S. The molecule has 0 bridgehead atoms. The van der Waals surface area contributed by atoms with Gasteiger partial charge in [-0.05, 0) is 30.7 Å². The van der Waals surface area contributed by atoms with Crippen molar-refractivity contribution < 1.29 is 9.59 Å². The van der Waals surface area contributed by atoms with Gasteiger partial charge in [0, 0.05) is 25.7 Å². The molecule has 2 amide bonds. The van der Waals surface area contributed by atoms with Gasteiger partial charge in [0.05, 0.1) is 11.2 Å². The number of hydrogen-bond donors (Lipinski definition) is 1. The van der Waals surface area contributed by atoms with Gasteiger partial charge in [-0.1, -0.05) is 56.8 Å². The second-order valence-electron chi connectivity index (χ2n) is 8.98. The SMILES string of the molecule is CC(Sc1nnc(-c2ccc(C(C)(C)C)cc2)n1C)C(=O)N1CCCC(C(N)=O)C1. The third kappa shape index (κ3) is 4.86. The molecule has 7 nitrogen and oxygen atoms in total. The highest BCUT2D eigenvalue weighted by Gasteiger charge is 2.30. The summed E-state index contributed by atoms with van der Waals surface area (Å²) in [5, 5.41) is 9.01. The lowest BCUT2D eigenvalue weighted by atomic mass is 9.87. The fourth-order valence-corrected chi connectivity index (χ4v) is 4.56. The predicted octanol–water partition coefficient (Wildman–Crippen LogP) is 2.98. The molecule has 1 fully saturated rings. The van der Waals surface area contributed by atoms with Crippen LogP contribution >= 0.6 is 11.8 Å². The number of aromatic nitrogens is 3. The molecule has 30 heavy (non-hydrogen) atoms. The number of hydrogen-bond acceptors (Lipinski definition) is 5. The average Bonchev–Trinajstić information content (AvgIpc) is 3.07. The second-order valence-corrected chi connectivity index (χ2v) is 10.3. The molecule has 1 saturated heterocycles. The van der Waals surface area contributed by atoms with Crippen LogP contribution in [0.1, 0.15) is 46.1 Å². The summed E-state index contributed by atoms with van der Waals surface area (Å²) < 4.78 is 1.92. The van der Waals surface area contributed by atoms with Gasteiger partial charge in [0.2, 0.25) is 11.8 Å². The highest BCUT2D eigenvalue weighted by atomic mass is 32.2. The number of likely N-dealkylation sites (tertiary alicyclic amines) is 1. The molecule has 0 spiro atoms.